The average Bonchev–Trinajstić information content (AvgIpc) is 3.24. The first kappa shape index (κ1) is 18.5. The number of carbonyl (C=O) groups is 1. The van der Waals surface area contributed by atoms with Crippen molar-refractivity contribution in [1.29, 1.82) is 0 Å². The molecule has 0 saturated carbocycles. The summed E-state index contributed by atoms with van der Waals surface area (Å²) in [6.07, 6.45) is 3.58. The highest BCUT2D eigenvalue weighted by Gasteiger charge is 2.27. The molecule has 1 aliphatic heterocycles. The highest BCUT2D eigenvalue weighted by atomic mass is 16.5. The van der Waals surface area contributed by atoms with Crippen molar-refractivity contribution in [2.45, 2.75) is 71.1 Å². The predicted octanol–water partition coefficient (Wildman–Crippen LogP) is 2.79. The molecule has 2 aromatic rings. The minimum absolute atomic E-state index is 0.126. The van der Waals surface area contributed by atoms with Gasteiger partial charge >= 0.3 is 0 Å². The van der Waals surface area contributed by atoms with Crippen molar-refractivity contribution in [2.75, 3.05) is 13.1 Å². The van der Waals surface area contributed by atoms with E-state index in [4.69, 9.17) is 9.05 Å². The highest BCUT2D eigenvalue weighted by molar-refractivity contribution is 5.76. The van der Waals surface area contributed by atoms with Crippen LogP contribution in [0.4, 0.5) is 0 Å². The van der Waals surface area contributed by atoms with Gasteiger partial charge in [-0.1, -0.05) is 31.1 Å². The first-order valence-corrected chi connectivity index (χ1v) is 9.24. The molecule has 142 valence electrons. The molecule has 26 heavy (non-hydrogen) atoms. The molecule has 3 heterocycles. The molecule has 1 aliphatic rings. The van der Waals surface area contributed by atoms with Crippen LogP contribution in [0, 0.1) is 6.92 Å². The lowest BCUT2D eigenvalue weighted by Crippen LogP contribution is -2.37. The largest absolute Gasteiger partial charge is 0.343 e. The summed E-state index contributed by atoms with van der Waals surface area (Å²) in [5.41, 5.74) is -0.126. The molecule has 0 bridgehead atoms. The number of hydrogen-bond donors (Lipinski definition) is 0. The number of likely N-dealkylation sites (tertiary alicyclic amines) is 1. The third kappa shape index (κ3) is 4.47. The van der Waals surface area contributed by atoms with E-state index in [1.165, 1.54) is 0 Å². The maximum Gasteiger partial charge on any atom is 0.229 e. The Balaban J connectivity index is 1.41. The van der Waals surface area contributed by atoms with Crippen molar-refractivity contribution in [1.82, 2.24) is 25.2 Å². The summed E-state index contributed by atoms with van der Waals surface area (Å²) in [6, 6.07) is 0. The Morgan fingerprint density at radius 3 is 2.46 bits per heavy atom. The zero-order valence-electron chi connectivity index (χ0n) is 16.0. The van der Waals surface area contributed by atoms with Crippen molar-refractivity contribution < 1.29 is 13.8 Å². The highest BCUT2D eigenvalue weighted by Crippen LogP contribution is 2.27. The fourth-order valence-electron chi connectivity index (χ4n) is 3.06. The fourth-order valence-corrected chi connectivity index (χ4v) is 3.06. The van der Waals surface area contributed by atoms with Gasteiger partial charge in [0.25, 0.3) is 0 Å². The van der Waals surface area contributed by atoms with Crippen molar-refractivity contribution >= 4 is 5.91 Å². The third-order valence-corrected chi connectivity index (χ3v) is 4.66. The van der Waals surface area contributed by atoms with Gasteiger partial charge in [0.2, 0.25) is 17.7 Å². The number of piperidine rings is 1. The molecule has 2 aromatic heterocycles. The quantitative estimate of drug-likeness (QED) is 0.807. The molecule has 1 amide bonds. The van der Waals surface area contributed by atoms with E-state index in [-0.39, 0.29) is 17.2 Å². The third-order valence-electron chi connectivity index (χ3n) is 4.66. The molecule has 8 nitrogen and oxygen atoms in total. The molecule has 0 unspecified atom stereocenters. The Morgan fingerprint density at radius 1 is 1.15 bits per heavy atom. The lowest BCUT2D eigenvalue weighted by molar-refractivity contribution is -0.132. The van der Waals surface area contributed by atoms with Gasteiger partial charge in [-0.3, -0.25) is 4.79 Å². The molecule has 0 atom stereocenters. The normalized spacial score (nSPS) is 16.2. The molecular formula is C18H27N5O3. The number of aryl methyl sites for hydroxylation is 2. The summed E-state index contributed by atoms with van der Waals surface area (Å²) >= 11 is 0. The van der Waals surface area contributed by atoms with Gasteiger partial charge in [-0.15, -0.1) is 0 Å². The molecule has 0 aliphatic carbocycles. The maximum absolute atomic E-state index is 12.4. The van der Waals surface area contributed by atoms with E-state index in [2.05, 4.69) is 20.3 Å². The number of nitrogens with zero attached hydrogens (tertiary/aromatic N) is 5. The van der Waals surface area contributed by atoms with Crippen LogP contribution in [0.1, 0.15) is 75.8 Å². The maximum atomic E-state index is 12.4. The van der Waals surface area contributed by atoms with E-state index in [9.17, 15) is 4.79 Å². The van der Waals surface area contributed by atoms with Crippen LogP contribution in [0.3, 0.4) is 0 Å². The van der Waals surface area contributed by atoms with Crippen molar-refractivity contribution in [3.8, 4) is 0 Å². The number of aromatic nitrogens is 4. The number of carbonyl (C=O) groups excluding carboxylic acids is 1. The molecule has 0 spiro atoms. The second-order valence-corrected chi connectivity index (χ2v) is 7.95. The van der Waals surface area contributed by atoms with Crippen LogP contribution < -0.4 is 0 Å². The topological polar surface area (TPSA) is 98.2 Å². The van der Waals surface area contributed by atoms with E-state index >= 15 is 0 Å². The van der Waals surface area contributed by atoms with Gasteiger partial charge in [0.1, 0.15) is 0 Å². The van der Waals surface area contributed by atoms with E-state index in [1.807, 2.05) is 32.6 Å². The second-order valence-electron chi connectivity index (χ2n) is 7.95. The van der Waals surface area contributed by atoms with Gasteiger partial charge in [-0.25, -0.2) is 0 Å². The van der Waals surface area contributed by atoms with Crippen LogP contribution in [0.5, 0.6) is 0 Å². The zero-order chi connectivity index (χ0) is 18.7. The summed E-state index contributed by atoms with van der Waals surface area (Å²) in [5.74, 6) is 3.11. The Kier molecular flexibility index (Phi) is 5.38. The van der Waals surface area contributed by atoms with Crippen LogP contribution in [-0.2, 0) is 16.6 Å². The summed E-state index contributed by atoms with van der Waals surface area (Å²) in [6.45, 7) is 9.43. The molecule has 0 radical (unpaired) electrons. The number of amides is 1. The van der Waals surface area contributed by atoms with Crippen LogP contribution >= 0.6 is 0 Å². The first-order chi connectivity index (χ1) is 12.3. The Hall–Kier alpha value is -2.25. The van der Waals surface area contributed by atoms with Crippen molar-refractivity contribution in [3.05, 3.63) is 23.4 Å². The SMILES string of the molecule is Cc1noc(C2CCN(C(=O)CCCc3nc(C(C)(C)C)no3)CC2)n1. The van der Waals surface area contributed by atoms with Crippen molar-refractivity contribution in [2.24, 2.45) is 0 Å². The number of hydrogen-bond acceptors (Lipinski definition) is 7. The molecule has 1 saturated heterocycles. The molecular weight excluding hydrogens is 334 g/mol. The standard InChI is InChI=1S/C18H27N5O3/c1-12-19-16(26-21-12)13-8-10-23(11-9-13)15(24)7-5-6-14-20-17(22-25-14)18(2,3)4/h13H,5-11H2,1-4H3. The summed E-state index contributed by atoms with van der Waals surface area (Å²) < 4.78 is 10.5. The van der Waals surface area contributed by atoms with Gasteiger partial charge in [0.05, 0.1) is 0 Å². The predicted molar refractivity (Wildman–Crippen MR) is 93.5 cm³/mol. The monoisotopic (exact) mass is 361 g/mol. The molecule has 8 heteroatoms. The van der Waals surface area contributed by atoms with E-state index in [0.717, 1.165) is 25.9 Å². The summed E-state index contributed by atoms with van der Waals surface area (Å²) in [7, 11) is 0. The molecule has 0 N–H and O–H groups in total. The average molecular weight is 361 g/mol. The number of rotatable bonds is 5. The van der Waals surface area contributed by atoms with Gasteiger partial charge in [0, 0.05) is 37.3 Å². The summed E-state index contributed by atoms with van der Waals surface area (Å²) in [4.78, 5) is 23.0. The van der Waals surface area contributed by atoms with Crippen molar-refractivity contribution in [3.63, 3.8) is 0 Å². The Labute approximate surface area is 153 Å². The van der Waals surface area contributed by atoms with E-state index < -0.39 is 0 Å². The van der Waals surface area contributed by atoms with Crippen LogP contribution in [-0.4, -0.2) is 44.2 Å². The van der Waals surface area contributed by atoms with E-state index in [1.54, 1.807) is 0 Å². The Bertz CT molecular complexity index is 738. The lowest BCUT2D eigenvalue weighted by Gasteiger charge is -2.30. The molecule has 3 rings (SSSR count). The van der Waals surface area contributed by atoms with Gasteiger partial charge in [-0.2, -0.15) is 9.97 Å². The van der Waals surface area contributed by atoms with Crippen LogP contribution in [0.25, 0.3) is 0 Å². The summed E-state index contributed by atoms with van der Waals surface area (Å²) in [5, 5.41) is 7.86. The minimum Gasteiger partial charge on any atom is -0.343 e. The first-order valence-electron chi connectivity index (χ1n) is 9.24. The zero-order valence-corrected chi connectivity index (χ0v) is 16.0. The smallest absolute Gasteiger partial charge is 0.229 e. The van der Waals surface area contributed by atoms with E-state index in [0.29, 0.717) is 42.7 Å². The molecule has 0 aromatic carbocycles. The lowest BCUT2D eigenvalue weighted by atomic mass is 9.96. The van der Waals surface area contributed by atoms with Gasteiger partial charge < -0.3 is 13.9 Å². The van der Waals surface area contributed by atoms with Crippen LogP contribution in [0.15, 0.2) is 9.05 Å². The molecule has 1 fully saturated rings. The fraction of sp³-hybridized carbons (Fsp3) is 0.722. The van der Waals surface area contributed by atoms with Crippen LogP contribution in [0.2, 0.25) is 0 Å². The Morgan fingerprint density at radius 2 is 1.88 bits per heavy atom. The van der Waals surface area contributed by atoms with Gasteiger partial charge in [0.15, 0.2) is 11.6 Å². The second kappa shape index (κ2) is 7.55. The minimum atomic E-state index is -0.126. The van der Waals surface area contributed by atoms with Gasteiger partial charge in [-0.05, 0) is 26.2 Å².